The molecule has 4 aromatic rings. The quantitative estimate of drug-likeness (QED) is 0.348. The highest BCUT2D eigenvalue weighted by Crippen LogP contribution is 2.34. The molecule has 0 aliphatic carbocycles. The largest absolute Gasteiger partial charge is 0.493 e. The van der Waals surface area contributed by atoms with E-state index in [9.17, 15) is 10.2 Å². The lowest BCUT2D eigenvalue weighted by Crippen LogP contribution is -2.43. The van der Waals surface area contributed by atoms with Crippen molar-refractivity contribution in [3.05, 3.63) is 48.2 Å². The number of nitrogens with two attached hydrogens (primary N) is 1. The zero-order valence-electron chi connectivity index (χ0n) is 18.7. The number of hydrogen-bond donors (Lipinski definition) is 3. The van der Waals surface area contributed by atoms with Crippen LogP contribution in [0.2, 0.25) is 0 Å². The Morgan fingerprint density at radius 3 is 2.48 bits per heavy atom. The predicted molar refractivity (Wildman–Crippen MR) is 122 cm³/mol. The van der Waals surface area contributed by atoms with Gasteiger partial charge in [0.1, 0.15) is 16.9 Å². The maximum Gasteiger partial charge on any atom is 0.258 e. The number of rotatable bonds is 9. The minimum absolute atomic E-state index is 0.292. The van der Waals surface area contributed by atoms with Gasteiger partial charge in [-0.1, -0.05) is 19.0 Å². The number of aliphatic hydroxyl groups is 2. The van der Waals surface area contributed by atoms with Crippen molar-refractivity contribution in [1.29, 1.82) is 0 Å². The zero-order chi connectivity index (χ0) is 23.6. The summed E-state index contributed by atoms with van der Waals surface area (Å²) in [6.45, 7) is 3.80. The number of furan rings is 1. The average molecular weight is 453 g/mol. The first-order chi connectivity index (χ1) is 15.9. The van der Waals surface area contributed by atoms with Gasteiger partial charge in [-0.3, -0.25) is 0 Å². The molecule has 174 valence electrons. The molecule has 0 atom stereocenters. The molecule has 33 heavy (non-hydrogen) atoms. The second-order valence-corrected chi connectivity index (χ2v) is 8.33. The van der Waals surface area contributed by atoms with Gasteiger partial charge in [0, 0.05) is 16.5 Å². The maximum atomic E-state index is 9.53. The van der Waals surface area contributed by atoms with Crippen molar-refractivity contribution in [2.75, 3.05) is 26.9 Å². The van der Waals surface area contributed by atoms with Gasteiger partial charge in [-0.15, -0.1) is 0 Å². The van der Waals surface area contributed by atoms with Gasteiger partial charge in [-0.25, -0.2) is 0 Å². The van der Waals surface area contributed by atoms with Gasteiger partial charge in [0.05, 0.1) is 26.9 Å². The number of fused-ring (bicyclic) bond motifs is 1. The molecule has 2 aromatic heterocycles. The Labute approximate surface area is 190 Å². The Bertz CT molecular complexity index is 1240. The van der Waals surface area contributed by atoms with Gasteiger partial charge in [0.25, 0.3) is 5.89 Å². The topological polar surface area (TPSA) is 137 Å². The van der Waals surface area contributed by atoms with E-state index in [1.165, 1.54) is 0 Å². The van der Waals surface area contributed by atoms with E-state index in [0.717, 1.165) is 5.39 Å². The monoisotopic (exact) mass is 453 g/mol. The first kappa shape index (κ1) is 22.8. The second kappa shape index (κ2) is 9.22. The number of aromatic nitrogens is 2. The van der Waals surface area contributed by atoms with Crippen molar-refractivity contribution >= 4 is 11.0 Å². The van der Waals surface area contributed by atoms with Crippen molar-refractivity contribution in [2.45, 2.75) is 19.4 Å². The first-order valence-corrected chi connectivity index (χ1v) is 10.6. The summed E-state index contributed by atoms with van der Waals surface area (Å²) in [4.78, 5) is 4.53. The molecule has 9 heteroatoms. The Hall–Kier alpha value is -3.40. The molecule has 0 bridgehead atoms. The van der Waals surface area contributed by atoms with Crippen molar-refractivity contribution < 1.29 is 28.6 Å². The van der Waals surface area contributed by atoms with Crippen LogP contribution in [0.4, 0.5) is 0 Å². The van der Waals surface area contributed by atoms with Crippen LogP contribution in [0.15, 0.2) is 51.4 Å². The van der Waals surface area contributed by atoms with Crippen LogP contribution in [0.25, 0.3) is 33.8 Å². The summed E-state index contributed by atoms with van der Waals surface area (Å²) in [5, 5.41) is 23.9. The highest BCUT2D eigenvalue weighted by molar-refractivity contribution is 5.83. The van der Waals surface area contributed by atoms with Gasteiger partial charge in [0.15, 0.2) is 11.5 Å². The summed E-state index contributed by atoms with van der Waals surface area (Å²) >= 11 is 0. The van der Waals surface area contributed by atoms with Crippen LogP contribution in [0, 0.1) is 5.92 Å². The predicted octanol–water partition coefficient (Wildman–Crippen LogP) is 3.33. The molecule has 0 saturated carbocycles. The second-order valence-electron chi connectivity index (χ2n) is 8.33. The summed E-state index contributed by atoms with van der Waals surface area (Å²) in [6, 6.07) is 12.5. The standard InChI is InChI=1S/C24H27N3O6/c1-14(2)11-31-20-9-16(5-7-19(20)30-3)23-26-22(27-33-23)15-4-6-18-17(8-15)10-21(32-18)24(25,12-28)13-29/h4-10,14,28-29H,11-13,25H2,1-3H3. The van der Waals surface area contributed by atoms with Gasteiger partial charge in [-0.2, -0.15) is 4.98 Å². The number of aliphatic hydroxyl groups excluding tert-OH is 2. The van der Waals surface area contributed by atoms with Gasteiger partial charge in [-0.05, 0) is 48.4 Å². The SMILES string of the molecule is COc1ccc(-c2nc(-c3ccc4oc(C(N)(CO)CO)cc4c3)no2)cc1OCC(C)C. The Kier molecular flexibility index (Phi) is 6.37. The molecule has 0 spiro atoms. The third kappa shape index (κ3) is 4.56. The summed E-state index contributed by atoms with van der Waals surface area (Å²) in [6.07, 6.45) is 0. The first-order valence-electron chi connectivity index (χ1n) is 10.6. The van der Waals surface area contributed by atoms with E-state index < -0.39 is 18.8 Å². The van der Waals surface area contributed by atoms with E-state index in [0.29, 0.717) is 58.2 Å². The molecular weight excluding hydrogens is 426 g/mol. The van der Waals surface area contributed by atoms with Crippen LogP contribution in [-0.2, 0) is 5.54 Å². The van der Waals surface area contributed by atoms with Gasteiger partial charge in [0.2, 0.25) is 5.82 Å². The third-order valence-electron chi connectivity index (χ3n) is 5.24. The molecule has 9 nitrogen and oxygen atoms in total. The number of methoxy groups -OCH3 is 1. The summed E-state index contributed by atoms with van der Waals surface area (Å²) < 4.78 is 22.5. The van der Waals surface area contributed by atoms with Crippen molar-refractivity contribution in [3.63, 3.8) is 0 Å². The van der Waals surface area contributed by atoms with Crippen molar-refractivity contribution in [3.8, 4) is 34.3 Å². The molecule has 4 rings (SSSR count). The van der Waals surface area contributed by atoms with Crippen LogP contribution in [0.5, 0.6) is 11.5 Å². The van der Waals surface area contributed by atoms with E-state index in [1.807, 2.05) is 18.2 Å². The fraction of sp³-hybridized carbons (Fsp3) is 0.333. The van der Waals surface area contributed by atoms with E-state index in [2.05, 4.69) is 24.0 Å². The smallest absolute Gasteiger partial charge is 0.258 e. The van der Waals surface area contributed by atoms with Crippen LogP contribution < -0.4 is 15.2 Å². The van der Waals surface area contributed by atoms with E-state index in [4.69, 9.17) is 24.1 Å². The molecule has 0 radical (unpaired) electrons. The fourth-order valence-electron chi connectivity index (χ4n) is 3.27. The van der Waals surface area contributed by atoms with Gasteiger partial charge >= 0.3 is 0 Å². The van der Waals surface area contributed by atoms with E-state index in [1.54, 1.807) is 31.4 Å². The van der Waals surface area contributed by atoms with Crippen molar-refractivity contribution in [1.82, 2.24) is 10.1 Å². The average Bonchev–Trinajstić information content (AvgIpc) is 3.49. The van der Waals surface area contributed by atoms with Crippen LogP contribution in [0.3, 0.4) is 0 Å². The van der Waals surface area contributed by atoms with Crippen LogP contribution >= 0.6 is 0 Å². The molecular formula is C24H27N3O6. The Morgan fingerprint density at radius 2 is 1.79 bits per heavy atom. The third-order valence-corrected chi connectivity index (χ3v) is 5.24. The van der Waals surface area contributed by atoms with Crippen LogP contribution in [-0.4, -0.2) is 47.3 Å². The van der Waals surface area contributed by atoms with Crippen LogP contribution in [0.1, 0.15) is 19.6 Å². The molecule has 0 saturated heterocycles. The van der Waals surface area contributed by atoms with Crippen molar-refractivity contribution in [2.24, 2.45) is 11.7 Å². The molecule has 2 heterocycles. The Balaban J connectivity index is 1.64. The highest BCUT2D eigenvalue weighted by Gasteiger charge is 2.30. The lowest BCUT2D eigenvalue weighted by atomic mass is 10.00. The number of ether oxygens (including phenoxy) is 2. The fourth-order valence-corrected chi connectivity index (χ4v) is 3.27. The lowest BCUT2D eigenvalue weighted by Gasteiger charge is -2.21. The minimum Gasteiger partial charge on any atom is -0.493 e. The highest BCUT2D eigenvalue weighted by atomic mass is 16.5. The summed E-state index contributed by atoms with van der Waals surface area (Å²) in [5.74, 6) is 2.64. The number of nitrogens with zero attached hydrogens (tertiary/aromatic N) is 2. The minimum atomic E-state index is -1.36. The zero-order valence-corrected chi connectivity index (χ0v) is 18.7. The summed E-state index contributed by atoms with van der Waals surface area (Å²) in [7, 11) is 1.59. The molecule has 4 N–H and O–H groups in total. The van der Waals surface area contributed by atoms with Gasteiger partial charge < -0.3 is 34.4 Å². The lowest BCUT2D eigenvalue weighted by molar-refractivity contribution is 0.105. The normalized spacial score (nSPS) is 12.0. The summed E-state index contributed by atoms with van der Waals surface area (Å²) in [5.41, 5.74) is 6.64. The molecule has 0 fully saturated rings. The van der Waals surface area contributed by atoms with E-state index in [-0.39, 0.29) is 0 Å². The molecule has 0 aliphatic heterocycles. The van der Waals surface area contributed by atoms with E-state index >= 15 is 0 Å². The molecule has 2 aromatic carbocycles. The molecule has 0 amide bonds. The maximum absolute atomic E-state index is 9.53. The molecule has 0 aliphatic rings. The Morgan fingerprint density at radius 1 is 1.03 bits per heavy atom. The number of hydrogen-bond acceptors (Lipinski definition) is 9. The number of benzene rings is 2. The molecule has 0 unspecified atom stereocenters.